The molecule has 46 heavy (non-hydrogen) atoms. The normalized spacial score (nSPS) is 15.0. The Morgan fingerprint density at radius 1 is 0.826 bits per heavy atom. The van der Waals surface area contributed by atoms with Crippen molar-refractivity contribution >= 4 is 27.7 Å². The number of nitrogens with zero attached hydrogens (tertiary/aromatic N) is 1. The van der Waals surface area contributed by atoms with Crippen LogP contribution in [0.1, 0.15) is 69.9 Å². The number of nitrogens with one attached hydrogen (secondary N) is 1. The van der Waals surface area contributed by atoms with Crippen LogP contribution in [0.2, 0.25) is 0 Å². The molecule has 1 aliphatic rings. The summed E-state index contributed by atoms with van der Waals surface area (Å²) in [6, 6.07) is 12.2. The third-order valence-electron chi connectivity index (χ3n) is 7.24. The standard InChI is InChI=1S/C33H42N2O10S/c1-5-17-42-20-21-44-33(37)30-25(4)34-24(3)29(31(30)26-11-10-12-27(22-26)35(38)39)32(36)43-18-8-6-7-9-19-45-46(40,41)28-15-13-23(2)14-16-28/h10-16,22,31,34H,5-9,17-21H2,1-4H3. The van der Waals surface area contributed by atoms with Gasteiger partial charge in [0.05, 0.1) is 46.7 Å². The SMILES string of the molecule is CCCOCCOC(=O)C1=C(C)NC(C)=C(C(=O)OCCCCCCOS(=O)(=O)c2ccc(C)cc2)C1c1cccc([N+](=O)[O-])c1. The van der Waals surface area contributed by atoms with E-state index in [1.54, 1.807) is 32.0 Å². The van der Waals surface area contributed by atoms with E-state index in [1.807, 2.05) is 13.8 Å². The first kappa shape index (κ1) is 36.4. The maximum atomic E-state index is 13.5. The molecule has 13 heteroatoms. The van der Waals surface area contributed by atoms with Gasteiger partial charge in [-0.15, -0.1) is 0 Å². The van der Waals surface area contributed by atoms with Crippen LogP contribution in [0.25, 0.3) is 0 Å². The molecule has 2 aromatic carbocycles. The number of aryl methyl sites for hydroxylation is 1. The maximum Gasteiger partial charge on any atom is 0.336 e. The Labute approximate surface area is 270 Å². The first-order valence-corrected chi connectivity index (χ1v) is 16.7. The summed E-state index contributed by atoms with van der Waals surface area (Å²) >= 11 is 0. The minimum absolute atomic E-state index is 0.00265. The van der Waals surface area contributed by atoms with Crippen molar-refractivity contribution in [2.75, 3.05) is 33.0 Å². The molecule has 1 aliphatic heterocycles. The van der Waals surface area contributed by atoms with E-state index in [1.165, 1.54) is 30.3 Å². The number of carbonyl (C=O) groups is 2. The molecule has 1 N–H and O–H groups in total. The topological polar surface area (TPSA) is 160 Å². The lowest BCUT2D eigenvalue weighted by Crippen LogP contribution is -2.33. The second-order valence-corrected chi connectivity index (χ2v) is 12.5. The minimum atomic E-state index is -3.82. The minimum Gasteiger partial charge on any atom is -0.462 e. The van der Waals surface area contributed by atoms with Gasteiger partial charge in [-0.05, 0) is 64.2 Å². The molecule has 0 aliphatic carbocycles. The first-order valence-electron chi connectivity index (χ1n) is 15.3. The molecule has 0 amide bonds. The van der Waals surface area contributed by atoms with E-state index >= 15 is 0 Å². The van der Waals surface area contributed by atoms with E-state index in [0.717, 1.165) is 12.0 Å². The molecule has 1 atom stereocenters. The van der Waals surface area contributed by atoms with Crippen molar-refractivity contribution in [2.45, 2.75) is 70.6 Å². The van der Waals surface area contributed by atoms with Crippen LogP contribution in [0.3, 0.4) is 0 Å². The second-order valence-electron chi connectivity index (χ2n) is 10.9. The first-order chi connectivity index (χ1) is 22.0. The summed E-state index contributed by atoms with van der Waals surface area (Å²) in [6.45, 7) is 8.04. The van der Waals surface area contributed by atoms with Gasteiger partial charge in [0.25, 0.3) is 15.8 Å². The van der Waals surface area contributed by atoms with Gasteiger partial charge in [-0.25, -0.2) is 9.59 Å². The molecule has 12 nitrogen and oxygen atoms in total. The summed E-state index contributed by atoms with van der Waals surface area (Å²) in [5.41, 5.74) is 2.34. The van der Waals surface area contributed by atoms with Crippen LogP contribution < -0.4 is 5.32 Å². The van der Waals surface area contributed by atoms with Crippen LogP contribution in [0, 0.1) is 17.0 Å². The Morgan fingerprint density at radius 2 is 1.43 bits per heavy atom. The van der Waals surface area contributed by atoms with E-state index in [4.69, 9.17) is 18.4 Å². The van der Waals surface area contributed by atoms with E-state index in [0.29, 0.717) is 49.2 Å². The predicted octanol–water partition coefficient (Wildman–Crippen LogP) is 5.62. The number of nitro groups is 1. The fraction of sp³-hybridized carbons (Fsp3) is 0.455. The smallest absolute Gasteiger partial charge is 0.336 e. The van der Waals surface area contributed by atoms with E-state index in [9.17, 15) is 28.1 Å². The number of benzene rings is 2. The van der Waals surface area contributed by atoms with Crippen molar-refractivity contribution in [3.8, 4) is 0 Å². The number of unbranched alkanes of at least 4 members (excludes halogenated alkanes) is 3. The van der Waals surface area contributed by atoms with E-state index in [2.05, 4.69) is 5.32 Å². The molecule has 0 saturated carbocycles. The summed E-state index contributed by atoms with van der Waals surface area (Å²) in [5.74, 6) is -2.31. The lowest BCUT2D eigenvalue weighted by Gasteiger charge is -2.30. The van der Waals surface area contributed by atoms with Crippen LogP contribution >= 0.6 is 0 Å². The number of ether oxygens (including phenoxy) is 3. The molecule has 250 valence electrons. The number of hydrogen-bond donors (Lipinski definition) is 1. The lowest BCUT2D eigenvalue weighted by molar-refractivity contribution is -0.384. The third-order valence-corrected chi connectivity index (χ3v) is 8.57. The Balaban J connectivity index is 1.62. The van der Waals surface area contributed by atoms with Gasteiger partial charge in [-0.3, -0.25) is 14.3 Å². The third kappa shape index (κ3) is 10.2. The van der Waals surface area contributed by atoms with Gasteiger partial charge in [-0.2, -0.15) is 8.42 Å². The molecular weight excluding hydrogens is 616 g/mol. The zero-order valence-electron chi connectivity index (χ0n) is 26.7. The van der Waals surface area contributed by atoms with Crippen molar-refractivity contribution in [1.29, 1.82) is 0 Å². The largest absolute Gasteiger partial charge is 0.462 e. The summed E-state index contributed by atoms with van der Waals surface area (Å²) < 4.78 is 46.3. The Bertz CT molecular complexity index is 1550. The quantitative estimate of drug-likeness (QED) is 0.0696. The molecule has 3 rings (SSSR count). The Morgan fingerprint density at radius 3 is 2.04 bits per heavy atom. The summed E-state index contributed by atoms with van der Waals surface area (Å²) in [6.07, 6.45) is 3.14. The van der Waals surface area contributed by atoms with Gasteiger partial charge in [0, 0.05) is 30.1 Å². The predicted molar refractivity (Wildman–Crippen MR) is 170 cm³/mol. The zero-order valence-corrected chi connectivity index (χ0v) is 27.5. The highest BCUT2D eigenvalue weighted by atomic mass is 32.2. The second kappa shape index (κ2) is 17.6. The lowest BCUT2D eigenvalue weighted by atomic mass is 9.80. The van der Waals surface area contributed by atoms with Crippen LogP contribution in [0.15, 0.2) is 76.0 Å². The van der Waals surface area contributed by atoms with Gasteiger partial charge in [0.2, 0.25) is 0 Å². The molecule has 2 aromatic rings. The molecule has 0 spiro atoms. The number of rotatable bonds is 18. The van der Waals surface area contributed by atoms with E-state index in [-0.39, 0.29) is 48.2 Å². The highest BCUT2D eigenvalue weighted by molar-refractivity contribution is 7.86. The van der Waals surface area contributed by atoms with Crippen molar-refractivity contribution in [3.05, 3.63) is 92.3 Å². The number of non-ortho nitro benzene ring substituents is 1. The Hall–Kier alpha value is -4.07. The van der Waals surface area contributed by atoms with Gasteiger partial charge in [-0.1, -0.05) is 43.2 Å². The molecule has 1 unspecified atom stereocenters. The number of carbonyl (C=O) groups excluding carboxylic acids is 2. The molecule has 0 saturated heterocycles. The number of esters is 2. The fourth-order valence-corrected chi connectivity index (χ4v) is 5.89. The summed E-state index contributed by atoms with van der Waals surface area (Å²) in [5, 5.41) is 14.6. The van der Waals surface area contributed by atoms with Crippen LogP contribution in [-0.2, 0) is 38.1 Å². The summed E-state index contributed by atoms with van der Waals surface area (Å²) in [7, 11) is -3.82. The van der Waals surface area contributed by atoms with E-state index < -0.39 is 32.9 Å². The van der Waals surface area contributed by atoms with Crippen molar-refractivity contribution in [1.82, 2.24) is 5.32 Å². The Kier molecular flexibility index (Phi) is 13.9. The maximum absolute atomic E-state index is 13.5. The summed E-state index contributed by atoms with van der Waals surface area (Å²) in [4.78, 5) is 37.9. The monoisotopic (exact) mass is 658 g/mol. The number of dihydropyridines is 1. The van der Waals surface area contributed by atoms with Gasteiger partial charge in [0.1, 0.15) is 6.61 Å². The van der Waals surface area contributed by atoms with Crippen LogP contribution in [-0.4, -0.2) is 58.3 Å². The molecule has 0 aromatic heterocycles. The zero-order chi connectivity index (χ0) is 33.7. The van der Waals surface area contributed by atoms with Crippen molar-refractivity contribution in [2.24, 2.45) is 0 Å². The average Bonchev–Trinajstić information content (AvgIpc) is 3.01. The highest BCUT2D eigenvalue weighted by Crippen LogP contribution is 2.40. The van der Waals surface area contributed by atoms with Crippen molar-refractivity contribution < 1.29 is 41.3 Å². The van der Waals surface area contributed by atoms with Crippen LogP contribution in [0.5, 0.6) is 0 Å². The number of nitro benzene ring substituents is 1. The molecular formula is C33H42N2O10S. The molecule has 1 heterocycles. The number of hydrogen-bond acceptors (Lipinski definition) is 11. The molecule has 0 radical (unpaired) electrons. The van der Waals surface area contributed by atoms with Crippen LogP contribution in [0.4, 0.5) is 5.69 Å². The van der Waals surface area contributed by atoms with Gasteiger partial charge >= 0.3 is 11.9 Å². The fourth-order valence-electron chi connectivity index (χ4n) is 4.95. The van der Waals surface area contributed by atoms with Gasteiger partial charge in [0.15, 0.2) is 0 Å². The average molecular weight is 659 g/mol. The van der Waals surface area contributed by atoms with Gasteiger partial charge < -0.3 is 19.5 Å². The number of allylic oxidation sites excluding steroid dienone is 2. The highest BCUT2D eigenvalue weighted by Gasteiger charge is 2.38. The molecule has 0 bridgehead atoms. The van der Waals surface area contributed by atoms with Crippen molar-refractivity contribution in [3.63, 3.8) is 0 Å². The molecule has 0 fully saturated rings.